The maximum atomic E-state index is 12.1. The van der Waals surface area contributed by atoms with E-state index < -0.39 is 0 Å². The average Bonchev–Trinajstić information content (AvgIpc) is 2.53. The Morgan fingerprint density at radius 3 is 2.40 bits per heavy atom. The minimum absolute atomic E-state index is 0.0916. The van der Waals surface area contributed by atoms with E-state index in [9.17, 15) is 9.59 Å². The number of carbonyl (C=O) groups is 2. The highest BCUT2D eigenvalue weighted by Gasteiger charge is 2.11. The molecule has 25 heavy (non-hydrogen) atoms. The summed E-state index contributed by atoms with van der Waals surface area (Å²) < 4.78 is 6.65. The van der Waals surface area contributed by atoms with E-state index in [1.54, 1.807) is 24.3 Å². The van der Waals surface area contributed by atoms with Gasteiger partial charge < -0.3 is 15.4 Å². The van der Waals surface area contributed by atoms with Gasteiger partial charge in [-0.15, -0.1) is 0 Å². The molecule has 0 saturated heterocycles. The van der Waals surface area contributed by atoms with E-state index in [4.69, 9.17) is 4.74 Å². The highest BCUT2D eigenvalue weighted by atomic mass is 79.9. The molecule has 0 bridgehead atoms. The van der Waals surface area contributed by atoms with Gasteiger partial charge in [-0.2, -0.15) is 0 Å². The van der Waals surface area contributed by atoms with Crippen LogP contribution in [0.25, 0.3) is 0 Å². The van der Waals surface area contributed by atoms with Crippen molar-refractivity contribution >= 4 is 39.1 Å². The van der Waals surface area contributed by atoms with E-state index in [0.717, 1.165) is 10.0 Å². The molecule has 2 aromatic carbocycles. The lowest BCUT2D eigenvalue weighted by molar-refractivity contribution is -0.118. The van der Waals surface area contributed by atoms with E-state index in [1.807, 2.05) is 18.2 Å². The summed E-state index contributed by atoms with van der Waals surface area (Å²) in [4.78, 5) is 23.2. The van der Waals surface area contributed by atoms with Crippen LogP contribution in [0.5, 0.6) is 5.75 Å². The first-order valence-corrected chi connectivity index (χ1v) is 8.74. The first-order valence-electron chi connectivity index (χ1n) is 7.95. The van der Waals surface area contributed by atoms with Gasteiger partial charge in [-0.25, -0.2) is 0 Å². The van der Waals surface area contributed by atoms with Gasteiger partial charge in [0.15, 0.2) is 6.61 Å². The Hall–Kier alpha value is -2.34. The van der Waals surface area contributed by atoms with E-state index >= 15 is 0 Å². The summed E-state index contributed by atoms with van der Waals surface area (Å²) in [6.45, 7) is 5.49. The average molecular weight is 405 g/mol. The number of halogens is 1. The molecule has 0 aliphatic rings. The number of anilines is 2. The summed E-state index contributed by atoms with van der Waals surface area (Å²) in [5, 5.41) is 5.44. The summed E-state index contributed by atoms with van der Waals surface area (Å²) in [6.07, 6.45) is 0. The van der Waals surface area contributed by atoms with Gasteiger partial charge in [-0.1, -0.05) is 35.8 Å². The number of amides is 2. The van der Waals surface area contributed by atoms with Crippen LogP contribution in [-0.4, -0.2) is 18.4 Å². The van der Waals surface area contributed by atoms with Crippen molar-refractivity contribution in [3.8, 4) is 5.75 Å². The van der Waals surface area contributed by atoms with Gasteiger partial charge in [0.1, 0.15) is 5.75 Å². The monoisotopic (exact) mass is 404 g/mol. The number of ether oxygens (including phenoxy) is 1. The predicted molar refractivity (Wildman–Crippen MR) is 103 cm³/mol. The fourth-order valence-electron chi connectivity index (χ4n) is 2.32. The molecule has 6 heteroatoms. The lowest BCUT2D eigenvalue weighted by Gasteiger charge is -2.14. The summed E-state index contributed by atoms with van der Waals surface area (Å²) in [5.41, 5.74) is 2.26. The van der Waals surface area contributed by atoms with Crippen molar-refractivity contribution in [2.75, 3.05) is 17.2 Å². The molecular weight excluding hydrogens is 384 g/mol. The molecule has 0 atom stereocenters. The molecule has 0 saturated carbocycles. The molecule has 0 aliphatic carbocycles. The number of carbonyl (C=O) groups excluding carboxylic acids is 2. The van der Waals surface area contributed by atoms with Crippen LogP contribution in [0.3, 0.4) is 0 Å². The van der Waals surface area contributed by atoms with Crippen molar-refractivity contribution in [1.29, 1.82) is 0 Å². The number of rotatable bonds is 6. The first-order chi connectivity index (χ1) is 11.8. The molecule has 2 aromatic rings. The second-order valence-corrected chi connectivity index (χ2v) is 6.85. The van der Waals surface area contributed by atoms with Gasteiger partial charge in [0, 0.05) is 22.8 Å². The van der Waals surface area contributed by atoms with E-state index in [0.29, 0.717) is 17.1 Å². The second-order valence-electron chi connectivity index (χ2n) is 5.94. The topological polar surface area (TPSA) is 67.4 Å². The van der Waals surface area contributed by atoms with Crippen molar-refractivity contribution in [1.82, 2.24) is 0 Å². The Morgan fingerprint density at radius 1 is 1.08 bits per heavy atom. The third kappa shape index (κ3) is 5.90. The Kier molecular flexibility index (Phi) is 6.58. The van der Waals surface area contributed by atoms with Crippen LogP contribution in [-0.2, 0) is 9.59 Å². The Labute approximate surface area is 155 Å². The first kappa shape index (κ1) is 19.0. The number of nitrogens with one attached hydrogen (secondary N) is 2. The molecular formula is C19H21BrN2O3. The molecule has 5 nitrogen and oxygen atoms in total. The van der Waals surface area contributed by atoms with Gasteiger partial charge >= 0.3 is 0 Å². The standard InChI is InChI=1S/C19H21BrN2O3/c1-12(2)17-9-14(20)7-8-18(17)25-11-19(24)22-16-6-4-5-15(10-16)21-13(3)23/h4-10,12H,11H2,1-3H3,(H,21,23)(H,22,24). The van der Waals surface area contributed by atoms with Crippen molar-refractivity contribution in [2.45, 2.75) is 26.7 Å². The number of benzene rings is 2. The SMILES string of the molecule is CC(=O)Nc1cccc(NC(=O)COc2ccc(Br)cc2C(C)C)c1. The molecule has 0 aliphatic heterocycles. The second kappa shape index (κ2) is 8.67. The van der Waals surface area contributed by atoms with E-state index in [-0.39, 0.29) is 24.3 Å². The van der Waals surface area contributed by atoms with Crippen LogP contribution in [0.15, 0.2) is 46.9 Å². The predicted octanol–water partition coefficient (Wildman–Crippen LogP) is 4.55. The van der Waals surface area contributed by atoms with Crippen molar-refractivity contribution in [3.63, 3.8) is 0 Å². The maximum absolute atomic E-state index is 12.1. The Morgan fingerprint density at radius 2 is 1.76 bits per heavy atom. The number of hydrogen-bond acceptors (Lipinski definition) is 3. The Bertz CT molecular complexity index is 775. The van der Waals surface area contributed by atoms with Gasteiger partial charge in [-0.3, -0.25) is 9.59 Å². The normalized spacial score (nSPS) is 10.4. The minimum Gasteiger partial charge on any atom is -0.483 e. The molecule has 0 radical (unpaired) electrons. The molecule has 0 unspecified atom stereocenters. The molecule has 0 aromatic heterocycles. The fourth-order valence-corrected chi connectivity index (χ4v) is 2.70. The maximum Gasteiger partial charge on any atom is 0.262 e. The van der Waals surface area contributed by atoms with Gasteiger partial charge in [0.25, 0.3) is 5.91 Å². The van der Waals surface area contributed by atoms with Crippen LogP contribution < -0.4 is 15.4 Å². The zero-order chi connectivity index (χ0) is 18.4. The quantitative estimate of drug-likeness (QED) is 0.741. The lowest BCUT2D eigenvalue weighted by Crippen LogP contribution is -2.20. The van der Waals surface area contributed by atoms with E-state index in [2.05, 4.69) is 40.4 Å². The van der Waals surface area contributed by atoms with Gasteiger partial charge in [0.05, 0.1) is 0 Å². The smallest absolute Gasteiger partial charge is 0.262 e. The summed E-state index contributed by atoms with van der Waals surface area (Å²) >= 11 is 3.45. The number of hydrogen-bond donors (Lipinski definition) is 2. The van der Waals surface area contributed by atoms with Crippen molar-refractivity contribution in [2.24, 2.45) is 0 Å². The van der Waals surface area contributed by atoms with Gasteiger partial charge in [-0.05, 0) is 47.9 Å². The van der Waals surface area contributed by atoms with Crippen LogP contribution in [0.2, 0.25) is 0 Å². The molecule has 2 amide bonds. The molecule has 0 fully saturated rings. The summed E-state index contributed by atoms with van der Waals surface area (Å²) in [7, 11) is 0. The largest absolute Gasteiger partial charge is 0.483 e. The van der Waals surface area contributed by atoms with Crippen LogP contribution >= 0.6 is 15.9 Å². The molecule has 2 rings (SSSR count). The summed E-state index contributed by atoms with van der Waals surface area (Å²) in [6, 6.07) is 12.7. The van der Waals surface area contributed by atoms with Gasteiger partial charge in [0.2, 0.25) is 5.91 Å². The minimum atomic E-state index is -0.266. The molecule has 2 N–H and O–H groups in total. The van der Waals surface area contributed by atoms with Crippen LogP contribution in [0.4, 0.5) is 11.4 Å². The van der Waals surface area contributed by atoms with Crippen LogP contribution in [0, 0.1) is 0 Å². The zero-order valence-electron chi connectivity index (χ0n) is 14.4. The highest BCUT2D eigenvalue weighted by molar-refractivity contribution is 9.10. The molecule has 0 spiro atoms. The summed E-state index contributed by atoms with van der Waals surface area (Å²) in [5.74, 6) is 0.547. The Balaban J connectivity index is 1.99. The van der Waals surface area contributed by atoms with Crippen molar-refractivity contribution < 1.29 is 14.3 Å². The molecule has 132 valence electrons. The fraction of sp³-hybridized carbons (Fsp3) is 0.263. The highest BCUT2D eigenvalue weighted by Crippen LogP contribution is 2.29. The van der Waals surface area contributed by atoms with Crippen LogP contribution in [0.1, 0.15) is 32.3 Å². The zero-order valence-corrected chi connectivity index (χ0v) is 16.0. The lowest BCUT2D eigenvalue weighted by atomic mass is 10.0. The van der Waals surface area contributed by atoms with Crippen molar-refractivity contribution in [3.05, 3.63) is 52.5 Å². The molecule has 0 heterocycles. The third-order valence-electron chi connectivity index (χ3n) is 3.42. The third-order valence-corrected chi connectivity index (χ3v) is 3.91. The van der Waals surface area contributed by atoms with E-state index in [1.165, 1.54) is 6.92 Å².